The van der Waals surface area contributed by atoms with Crippen LogP contribution in [0, 0.1) is 0 Å². The average Bonchev–Trinajstić information content (AvgIpc) is 2.97. The molecule has 0 aliphatic rings. The number of benzene rings is 3. The molecule has 220 valence electrons. The van der Waals surface area contributed by atoms with E-state index in [0.717, 1.165) is 10.7 Å². The number of hydrogen-bond acceptors (Lipinski definition) is 5. The summed E-state index contributed by atoms with van der Waals surface area (Å²) >= 11 is 12.3. The zero-order chi connectivity index (χ0) is 30.0. The highest BCUT2D eigenvalue weighted by molar-refractivity contribution is 7.92. The van der Waals surface area contributed by atoms with Gasteiger partial charge in [0.1, 0.15) is 18.3 Å². The number of halogens is 2. The van der Waals surface area contributed by atoms with E-state index in [0.29, 0.717) is 40.9 Å². The van der Waals surface area contributed by atoms with Gasteiger partial charge in [-0.1, -0.05) is 73.4 Å². The maximum absolute atomic E-state index is 14.1. The number of ether oxygens (including phenoxy) is 1. The largest absolute Gasteiger partial charge is 0.492 e. The minimum atomic E-state index is -4.21. The quantitative estimate of drug-likeness (QED) is 0.242. The molecule has 2 amide bonds. The third kappa shape index (κ3) is 8.15. The van der Waals surface area contributed by atoms with Crippen molar-refractivity contribution in [3.05, 3.63) is 88.4 Å². The molecule has 0 fully saturated rings. The van der Waals surface area contributed by atoms with Crippen molar-refractivity contribution in [2.75, 3.05) is 24.0 Å². The number of rotatable bonds is 14. The summed E-state index contributed by atoms with van der Waals surface area (Å²) in [5.41, 5.74) is 0.853. The second kappa shape index (κ2) is 15.1. The van der Waals surface area contributed by atoms with E-state index in [9.17, 15) is 18.0 Å². The summed E-state index contributed by atoms with van der Waals surface area (Å²) < 4.78 is 34.8. The molecule has 0 saturated carbocycles. The van der Waals surface area contributed by atoms with Crippen molar-refractivity contribution < 1.29 is 22.7 Å². The first-order valence-electron chi connectivity index (χ1n) is 13.4. The molecule has 1 N–H and O–H groups in total. The zero-order valence-corrected chi connectivity index (χ0v) is 25.7. The van der Waals surface area contributed by atoms with Crippen LogP contribution in [0.25, 0.3) is 0 Å². The van der Waals surface area contributed by atoms with E-state index in [4.69, 9.17) is 27.9 Å². The normalized spacial score (nSPS) is 11.9. The number of nitrogens with zero attached hydrogens (tertiary/aromatic N) is 2. The summed E-state index contributed by atoms with van der Waals surface area (Å²) in [4.78, 5) is 28.8. The lowest BCUT2D eigenvalue weighted by Crippen LogP contribution is -2.52. The third-order valence-electron chi connectivity index (χ3n) is 6.32. The molecule has 0 heterocycles. The van der Waals surface area contributed by atoms with Crippen molar-refractivity contribution in [3.8, 4) is 5.75 Å². The van der Waals surface area contributed by atoms with Gasteiger partial charge in [-0.15, -0.1) is 0 Å². The van der Waals surface area contributed by atoms with Gasteiger partial charge < -0.3 is 15.0 Å². The van der Waals surface area contributed by atoms with Crippen LogP contribution >= 0.6 is 23.2 Å². The summed E-state index contributed by atoms with van der Waals surface area (Å²) in [5, 5.41) is 3.52. The monoisotopic (exact) mass is 619 g/mol. The van der Waals surface area contributed by atoms with Crippen LogP contribution in [0.1, 0.15) is 39.2 Å². The first-order valence-corrected chi connectivity index (χ1v) is 15.6. The predicted molar refractivity (Wildman–Crippen MR) is 163 cm³/mol. The van der Waals surface area contributed by atoms with E-state index in [-0.39, 0.29) is 23.0 Å². The molecular weight excluding hydrogens is 585 g/mol. The molecule has 3 rings (SSSR count). The van der Waals surface area contributed by atoms with Gasteiger partial charge in [0.05, 0.1) is 27.2 Å². The standard InChI is InChI=1S/C30H35Cl2N3O5S/c1-4-18-33-30(37)26(5-2)34(20-22-16-17-24(31)25(32)19-22)29(36)21-35(27-14-10-11-15-28(27)40-6-3)41(38,39)23-12-8-7-9-13-23/h7-17,19,26H,4-6,18,20-21H2,1-3H3,(H,33,37). The molecule has 0 aromatic heterocycles. The molecule has 8 nitrogen and oxygen atoms in total. The van der Waals surface area contributed by atoms with Crippen molar-refractivity contribution >= 4 is 50.7 Å². The number of nitrogens with one attached hydrogen (secondary N) is 1. The Morgan fingerprint density at radius 2 is 1.61 bits per heavy atom. The van der Waals surface area contributed by atoms with Gasteiger partial charge in [-0.25, -0.2) is 8.42 Å². The Morgan fingerprint density at radius 1 is 0.927 bits per heavy atom. The minimum absolute atomic E-state index is 0.0140. The van der Waals surface area contributed by atoms with Crippen LogP contribution in [-0.2, 0) is 26.2 Å². The smallest absolute Gasteiger partial charge is 0.264 e. The van der Waals surface area contributed by atoms with Crippen molar-refractivity contribution in [1.82, 2.24) is 10.2 Å². The van der Waals surface area contributed by atoms with E-state index < -0.39 is 28.5 Å². The van der Waals surface area contributed by atoms with Gasteiger partial charge in [0, 0.05) is 13.1 Å². The molecule has 11 heteroatoms. The average molecular weight is 621 g/mol. The fraction of sp³-hybridized carbons (Fsp3) is 0.333. The van der Waals surface area contributed by atoms with Crippen LogP contribution < -0.4 is 14.4 Å². The zero-order valence-electron chi connectivity index (χ0n) is 23.3. The molecule has 0 radical (unpaired) electrons. The number of amides is 2. The third-order valence-corrected chi connectivity index (χ3v) is 8.83. The maximum atomic E-state index is 14.1. The molecule has 1 unspecified atom stereocenters. The number of sulfonamides is 1. The van der Waals surface area contributed by atoms with E-state index in [1.807, 2.05) is 6.92 Å². The molecule has 0 aliphatic carbocycles. The Bertz CT molecular complexity index is 1440. The maximum Gasteiger partial charge on any atom is 0.264 e. The summed E-state index contributed by atoms with van der Waals surface area (Å²) in [6.45, 7) is 5.71. The van der Waals surface area contributed by atoms with Gasteiger partial charge in [-0.2, -0.15) is 0 Å². The lowest BCUT2D eigenvalue weighted by Gasteiger charge is -2.33. The Balaban J connectivity index is 2.10. The van der Waals surface area contributed by atoms with Gasteiger partial charge in [-0.3, -0.25) is 13.9 Å². The molecule has 1 atom stereocenters. The molecular formula is C30H35Cl2N3O5S. The van der Waals surface area contributed by atoms with E-state index in [2.05, 4.69) is 5.32 Å². The summed E-state index contributed by atoms with van der Waals surface area (Å²) in [5.74, 6) is -0.582. The summed E-state index contributed by atoms with van der Waals surface area (Å²) in [7, 11) is -4.21. The Hall–Kier alpha value is -3.27. The fourth-order valence-electron chi connectivity index (χ4n) is 4.29. The van der Waals surface area contributed by atoms with Crippen LogP contribution in [0.5, 0.6) is 5.75 Å². The molecule has 41 heavy (non-hydrogen) atoms. The Kier molecular flexibility index (Phi) is 11.9. The van der Waals surface area contributed by atoms with Crippen LogP contribution in [0.3, 0.4) is 0 Å². The highest BCUT2D eigenvalue weighted by Gasteiger charge is 2.34. The lowest BCUT2D eigenvalue weighted by atomic mass is 10.1. The van der Waals surface area contributed by atoms with Crippen LogP contribution in [-0.4, -0.2) is 50.9 Å². The van der Waals surface area contributed by atoms with Crippen molar-refractivity contribution in [1.29, 1.82) is 0 Å². The number of anilines is 1. The van der Waals surface area contributed by atoms with Gasteiger partial charge in [0.2, 0.25) is 11.8 Å². The first kappa shape index (κ1) is 32.2. The molecule has 0 aliphatic heterocycles. The van der Waals surface area contributed by atoms with Crippen LogP contribution in [0.15, 0.2) is 77.7 Å². The molecule has 3 aromatic rings. The molecule has 0 spiro atoms. The number of carbonyl (C=O) groups excluding carboxylic acids is 2. The second-order valence-electron chi connectivity index (χ2n) is 9.21. The number of para-hydroxylation sites is 2. The van der Waals surface area contributed by atoms with Gasteiger partial charge in [-0.05, 0) is 61.7 Å². The van der Waals surface area contributed by atoms with Crippen LogP contribution in [0.4, 0.5) is 5.69 Å². The molecule has 3 aromatic carbocycles. The Morgan fingerprint density at radius 3 is 2.24 bits per heavy atom. The lowest BCUT2D eigenvalue weighted by molar-refractivity contribution is -0.140. The van der Waals surface area contributed by atoms with Gasteiger partial charge in [0.25, 0.3) is 10.0 Å². The Labute approximate surface area is 252 Å². The van der Waals surface area contributed by atoms with Crippen molar-refractivity contribution in [2.24, 2.45) is 0 Å². The van der Waals surface area contributed by atoms with Gasteiger partial charge >= 0.3 is 0 Å². The fourth-order valence-corrected chi connectivity index (χ4v) is 6.06. The predicted octanol–water partition coefficient (Wildman–Crippen LogP) is 5.92. The summed E-state index contributed by atoms with van der Waals surface area (Å²) in [6.07, 6.45) is 1.03. The highest BCUT2D eigenvalue weighted by Crippen LogP contribution is 2.33. The molecule has 0 saturated heterocycles. The van der Waals surface area contributed by atoms with Crippen LogP contribution in [0.2, 0.25) is 10.0 Å². The topological polar surface area (TPSA) is 96.0 Å². The molecule has 0 bridgehead atoms. The van der Waals surface area contributed by atoms with E-state index in [1.54, 1.807) is 74.5 Å². The SMILES string of the molecule is CCCNC(=O)C(CC)N(Cc1ccc(Cl)c(Cl)c1)C(=O)CN(c1ccccc1OCC)S(=O)(=O)c1ccccc1. The number of carbonyl (C=O) groups is 2. The van der Waals surface area contributed by atoms with Crippen molar-refractivity contribution in [2.45, 2.75) is 51.1 Å². The van der Waals surface area contributed by atoms with E-state index in [1.165, 1.54) is 17.0 Å². The second-order valence-corrected chi connectivity index (χ2v) is 11.9. The van der Waals surface area contributed by atoms with E-state index >= 15 is 0 Å². The minimum Gasteiger partial charge on any atom is -0.492 e. The highest BCUT2D eigenvalue weighted by atomic mass is 35.5. The number of hydrogen-bond donors (Lipinski definition) is 1. The first-order chi connectivity index (χ1) is 19.6. The van der Waals surface area contributed by atoms with Crippen molar-refractivity contribution in [3.63, 3.8) is 0 Å². The summed E-state index contributed by atoms with van der Waals surface area (Å²) in [6, 6.07) is 18.6. The van der Waals surface area contributed by atoms with Gasteiger partial charge in [0.15, 0.2) is 0 Å².